The van der Waals surface area contributed by atoms with Crippen LogP contribution in [0.3, 0.4) is 0 Å². The van der Waals surface area contributed by atoms with Gasteiger partial charge in [0.2, 0.25) is 5.91 Å². The molecule has 0 unspecified atom stereocenters. The number of hydrogen-bond acceptors (Lipinski definition) is 3. The lowest BCUT2D eigenvalue weighted by Gasteiger charge is -2.29. The molecule has 150 valence electrons. The van der Waals surface area contributed by atoms with E-state index in [4.69, 9.17) is 4.74 Å². The highest BCUT2D eigenvalue weighted by Crippen LogP contribution is 2.14. The second kappa shape index (κ2) is 10.5. The van der Waals surface area contributed by atoms with Crippen LogP contribution in [-0.4, -0.2) is 35.9 Å². The third kappa shape index (κ3) is 6.41. The minimum Gasteiger partial charge on any atom is -0.484 e. The van der Waals surface area contributed by atoms with E-state index in [2.05, 4.69) is 5.32 Å². The van der Waals surface area contributed by atoms with Gasteiger partial charge in [-0.2, -0.15) is 0 Å². The summed E-state index contributed by atoms with van der Waals surface area (Å²) in [7, 11) is 0. The first-order chi connectivity index (χ1) is 13.4. The number of rotatable bonds is 9. The van der Waals surface area contributed by atoms with Gasteiger partial charge in [0.05, 0.1) is 0 Å². The molecule has 5 heteroatoms. The molecule has 0 aromatic heterocycles. The zero-order valence-electron chi connectivity index (χ0n) is 17.2. The van der Waals surface area contributed by atoms with E-state index in [1.54, 1.807) is 11.8 Å². The summed E-state index contributed by atoms with van der Waals surface area (Å²) in [5.41, 5.74) is 3.23. The molecule has 1 atom stereocenters. The average Bonchev–Trinajstić information content (AvgIpc) is 2.69. The molecular weight excluding hydrogens is 352 g/mol. The number of benzene rings is 2. The van der Waals surface area contributed by atoms with Gasteiger partial charge >= 0.3 is 0 Å². The molecule has 0 spiro atoms. The lowest BCUT2D eigenvalue weighted by molar-refractivity contribution is -0.142. The summed E-state index contributed by atoms with van der Waals surface area (Å²) in [5, 5.41) is 2.87. The topological polar surface area (TPSA) is 58.6 Å². The van der Waals surface area contributed by atoms with Gasteiger partial charge in [-0.3, -0.25) is 9.59 Å². The van der Waals surface area contributed by atoms with Gasteiger partial charge in [0.25, 0.3) is 5.91 Å². The minimum atomic E-state index is -0.582. The highest BCUT2D eigenvalue weighted by molar-refractivity contribution is 5.87. The maximum absolute atomic E-state index is 12.9. The smallest absolute Gasteiger partial charge is 0.261 e. The third-order valence-electron chi connectivity index (χ3n) is 4.54. The van der Waals surface area contributed by atoms with Gasteiger partial charge in [-0.05, 0) is 44.9 Å². The van der Waals surface area contributed by atoms with E-state index >= 15 is 0 Å². The molecule has 0 heterocycles. The summed E-state index contributed by atoms with van der Waals surface area (Å²) in [6.07, 6.45) is 0.848. The van der Waals surface area contributed by atoms with Crippen LogP contribution in [0.15, 0.2) is 48.5 Å². The summed E-state index contributed by atoms with van der Waals surface area (Å²) in [6.45, 7) is 8.59. The number of amides is 2. The first-order valence-electron chi connectivity index (χ1n) is 9.73. The van der Waals surface area contributed by atoms with Crippen molar-refractivity contribution in [3.05, 3.63) is 65.2 Å². The Morgan fingerprint density at radius 2 is 1.79 bits per heavy atom. The van der Waals surface area contributed by atoms with Crippen molar-refractivity contribution < 1.29 is 14.3 Å². The van der Waals surface area contributed by atoms with Gasteiger partial charge in [0.1, 0.15) is 11.8 Å². The lowest BCUT2D eigenvalue weighted by atomic mass is 10.1. The molecule has 1 N–H and O–H groups in total. The van der Waals surface area contributed by atoms with Crippen molar-refractivity contribution in [3.8, 4) is 5.75 Å². The monoisotopic (exact) mass is 382 g/mol. The number of aryl methyl sites for hydroxylation is 2. The molecule has 0 bridgehead atoms. The summed E-state index contributed by atoms with van der Waals surface area (Å²) >= 11 is 0. The van der Waals surface area contributed by atoms with Crippen LogP contribution in [0, 0.1) is 13.8 Å². The fraction of sp³-hybridized carbons (Fsp3) is 0.391. The molecule has 2 aromatic carbocycles. The molecule has 5 nitrogen and oxygen atoms in total. The van der Waals surface area contributed by atoms with Crippen molar-refractivity contribution in [1.82, 2.24) is 10.2 Å². The van der Waals surface area contributed by atoms with Gasteiger partial charge in [-0.1, -0.05) is 54.4 Å². The molecular formula is C23H30N2O3. The molecule has 0 fully saturated rings. The fourth-order valence-corrected chi connectivity index (χ4v) is 2.85. The molecule has 0 aliphatic rings. The maximum atomic E-state index is 12.9. The number of hydrogen-bond donors (Lipinski definition) is 1. The predicted molar refractivity (Wildman–Crippen MR) is 111 cm³/mol. The largest absolute Gasteiger partial charge is 0.484 e. The molecule has 2 aromatic rings. The highest BCUT2D eigenvalue weighted by atomic mass is 16.5. The van der Waals surface area contributed by atoms with Crippen molar-refractivity contribution in [2.24, 2.45) is 0 Å². The van der Waals surface area contributed by atoms with Gasteiger partial charge in [0, 0.05) is 13.1 Å². The second-order valence-electron chi connectivity index (χ2n) is 7.08. The molecule has 0 aliphatic heterocycles. The van der Waals surface area contributed by atoms with Crippen LogP contribution < -0.4 is 10.1 Å². The first kappa shape index (κ1) is 21.5. The van der Waals surface area contributed by atoms with Gasteiger partial charge in [-0.25, -0.2) is 0 Å². The van der Waals surface area contributed by atoms with Crippen molar-refractivity contribution >= 4 is 11.8 Å². The molecule has 2 rings (SSSR count). The quantitative estimate of drug-likeness (QED) is 0.721. The van der Waals surface area contributed by atoms with Crippen LogP contribution in [-0.2, 0) is 16.1 Å². The van der Waals surface area contributed by atoms with Crippen molar-refractivity contribution in [1.29, 1.82) is 0 Å². The Labute approximate surface area is 167 Å². The molecule has 28 heavy (non-hydrogen) atoms. The predicted octanol–water partition coefficient (Wildman–Crippen LogP) is 3.63. The fourth-order valence-electron chi connectivity index (χ4n) is 2.85. The number of ether oxygens (including phenoxy) is 1. The molecule has 0 saturated carbocycles. The average molecular weight is 383 g/mol. The summed E-state index contributed by atoms with van der Waals surface area (Å²) < 4.78 is 5.65. The molecule has 0 aliphatic carbocycles. The maximum Gasteiger partial charge on any atom is 0.261 e. The van der Waals surface area contributed by atoms with Crippen molar-refractivity contribution in [2.75, 3.05) is 13.2 Å². The SMILES string of the molecule is CCCNC(=O)[C@@H](C)N(Cc1cccc(C)c1)C(=O)COc1ccc(C)cc1. The Bertz CT molecular complexity index is 787. The zero-order chi connectivity index (χ0) is 20.5. The lowest BCUT2D eigenvalue weighted by Crippen LogP contribution is -2.49. The second-order valence-corrected chi connectivity index (χ2v) is 7.08. The van der Waals surface area contributed by atoms with E-state index in [9.17, 15) is 9.59 Å². The Morgan fingerprint density at radius 1 is 1.07 bits per heavy atom. The number of carbonyl (C=O) groups excluding carboxylic acids is 2. The van der Waals surface area contributed by atoms with Crippen LogP contribution in [0.4, 0.5) is 0 Å². The van der Waals surface area contributed by atoms with Crippen LogP contribution in [0.2, 0.25) is 0 Å². The Balaban J connectivity index is 2.12. The van der Waals surface area contributed by atoms with Gasteiger partial charge in [-0.15, -0.1) is 0 Å². The van der Waals surface area contributed by atoms with E-state index < -0.39 is 6.04 Å². The van der Waals surface area contributed by atoms with E-state index in [1.165, 1.54) is 0 Å². The minimum absolute atomic E-state index is 0.111. The first-order valence-corrected chi connectivity index (χ1v) is 9.73. The van der Waals surface area contributed by atoms with Gasteiger partial charge in [0.15, 0.2) is 6.61 Å². The number of carbonyl (C=O) groups is 2. The standard InChI is InChI=1S/C23H30N2O3/c1-5-13-24-23(27)19(4)25(15-20-8-6-7-18(3)14-20)22(26)16-28-21-11-9-17(2)10-12-21/h6-12,14,19H,5,13,15-16H2,1-4H3,(H,24,27)/t19-/m1/s1. The van der Waals surface area contributed by atoms with Crippen molar-refractivity contribution in [3.63, 3.8) is 0 Å². The van der Waals surface area contributed by atoms with E-state index in [0.717, 1.165) is 23.1 Å². The Kier molecular flexibility index (Phi) is 8.05. The zero-order valence-corrected chi connectivity index (χ0v) is 17.2. The van der Waals surface area contributed by atoms with Crippen LogP contribution in [0.5, 0.6) is 5.75 Å². The molecule has 0 radical (unpaired) electrons. The van der Waals surface area contributed by atoms with E-state index in [-0.39, 0.29) is 18.4 Å². The van der Waals surface area contributed by atoms with Crippen LogP contribution >= 0.6 is 0 Å². The highest BCUT2D eigenvalue weighted by Gasteiger charge is 2.26. The van der Waals surface area contributed by atoms with Gasteiger partial charge < -0.3 is 15.0 Å². The van der Waals surface area contributed by atoms with Crippen LogP contribution in [0.25, 0.3) is 0 Å². The molecule has 0 saturated heterocycles. The van der Waals surface area contributed by atoms with Crippen LogP contribution in [0.1, 0.15) is 37.0 Å². The number of nitrogens with zero attached hydrogens (tertiary/aromatic N) is 1. The van der Waals surface area contributed by atoms with Crippen molar-refractivity contribution in [2.45, 2.75) is 46.7 Å². The summed E-state index contributed by atoms with van der Waals surface area (Å²) in [6, 6.07) is 14.9. The third-order valence-corrected chi connectivity index (χ3v) is 4.54. The van der Waals surface area contributed by atoms with E-state index in [0.29, 0.717) is 18.8 Å². The summed E-state index contributed by atoms with van der Waals surface area (Å²) in [5.74, 6) is 0.261. The van der Waals surface area contributed by atoms with E-state index in [1.807, 2.05) is 69.3 Å². The Hall–Kier alpha value is -2.82. The summed E-state index contributed by atoms with van der Waals surface area (Å²) in [4.78, 5) is 27.0. The molecule has 2 amide bonds. The number of nitrogens with one attached hydrogen (secondary N) is 1. The Morgan fingerprint density at radius 3 is 2.43 bits per heavy atom. The normalized spacial score (nSPS) is 11.6.